The number of carbonyl (C=O) groups excluding carboxylic acids is 1. The van der Waals surface area contributed by atoms with Gasteiger partial charge in [-0.25, -0.2) is 4.79 Å². The van der Waals surface area contributed by atoms with Gasteiger partial charge in [0.25, 0.3) is 0 Å². The number of nitrogens with one attached hydrogen (secondary N) is 2. The molecule has 0 aliphatic heterocycles. The van der Waals surface area contributed by atoms with Crippen LogP contribution in [-0.2, 0) is 11.2 Å². The van der Waals surface area contributed by atoms with Crippen molar-refractivity contribution in [1.82, 2.24) is 15.3 Å². The minimum atomic E-state index is -0.518. The van der Waals surface area contributed by atoms with Crippen LogP contribution in [-0.4, -0.2) is 27.7 Å². The van der Waals surface area contributed by atoms with Gasteiger partial charge in [0.15, 0.2) is 0 Å². The Kier molecular flexibility index (Phi) is 6.78. The standard InChI is InChI=1S/C18H20N4O2S/c1-12(8-9-14-6-4-3-5-7-14)20-16(23)11-25-17-15(10-19)13(2)21-18(24)22-17/h3-7,12H,8-9,11H2,1-2H3,(H,20,23)(H,21,22,24)/t12-/m0/s1. The molecule has 0 fully saturated rings. The predicted octanol–water partition coefficient (Wildman–Crippen LogP) is 2.18. The van der Waals surface area contributed by atoms with Crippen molar-refractivity contribution in [3.63, 3.8) is 0 Å². The van der Waals surface area contributed by atoms with Gasteiger partial charge >= 0.3 is 5.69 Å². The van der Waals surface area contributed by atoms with Crippen molar-refractivity contribution in [2.45, 2.75) is 37.8 Å². The average Bonchev–Trinajstić information content (AvgIpc) is 2.58. The number of rotatable bonds is 7. The number of benzene rings is 1. The summed E-state index contributed by atoms with van der Waals surface area (Å²) in [6.07, 6.45) is 1.73. The predicted molar refractivity (Wildman–Crippen MR) is 97.4 cm³/mol. The Morgan fingerprint density at radius 1 is 1.40 bits per heavy atom. The molecular weight excluding hydrogens is 336 g/mol. The highest BCUT2D eigenvalue weighted by Crippen LogP contribution is 2.19. The molecule has 2 N–H and O–H groups in total. The van der Waals surface area contributed by atoms with Crippen molar-refractivity contribution < 1.29 is 4.79 Å². The molecule has 2 aromatic rings. The zero-order valence-electron chi connectivity index (χ0n) is 14.2. The zero-order chi connectivity index (χ0) is 18.2. The van der Waals surface area contributed by atoms with E-state index in [2.05, 4.69) is 27.4 Å². The summed E-state index contributed by atoms with van der Waals surface area (Å²) in [6, 6.07) is 12.2. The van der Waals surface area contributed by atoms with Gasteiger partial charge in [-0.3, -0.25) is 4.79 Å². The molecule has 7 heteroatoms. The van der Waals surface area contributed by atoms with Crippen molar-refractivity contribution in [1.29, 1.82) is 5.26 Å². The normalized spacial score (nSPS) is 11.6. The van der Waals surface area contributed by atoms with Crippen LogP contribution in [0.3, 0.4) is 0 Å². The molecule has 1 atom stereocenters. The first-order valence-corrected chi connectivity index (χ1v) is 8.95. The summed E-state index contributed by atoms with van der Waals surface area (Å²) in [5.41, 5.74) is 1.48. The molecule has 1 amide bonds. The summed E-state index contributed by atoms with van der Waals surface area (Å²) in [5, 5.41) is 12.4. The number of thioether (sulfide) groups is 1. The van der Waals surface area contributed by atoms with E-state index in [1.807, 2.05) is 31.2 Å². The number of amides is 1. The largest absolute Gasteiger partial charge is 0.353 e. The third-order valence-electron chi connectivity index (χ3n) is 3.65. The van der Waals surface area contributed by atoms with Gasteiger partial charge in [0, 0.05) is 11.7 Å². The van der Waals surface area contributed by atoms with Crippen LogP contribution in [0.4, 0.5) is 0 Å². The second-order valence-electron chi connectivity index (χ2n) is 5.74. The van der Waals surface area contributed by atoms with Crippen molar-refractivity contribution in [2.75, 3.05) is 5.75 Å². The summed E-state index contributed by atoms with van der Waals surface area (Å²) < 4.78 is 0. The molecule has 130 valence electrons. The fourth-order valence-electron chi connectivity index (χ4n) is 2.35. The second kappa shape index (κ2) is 9.04. The Bertz CT molecular complexity index is 827. The lowest BCUT2D eigenvalue weighted by Crippen LogP contribution is -2.34. The first-order valence-electron chi connectivity index (χ1n) is 7.96. The molecule has 0 unspecified atom stereocenters. The Morgan fingerprint density at radius 2 is 2.12 bits per heavy atom. The summed E-state index contributed by atoms with van der Waals surface area (Å²) in [4.78, 5) is 29.8. The highest BCUT2D eigenvalue weighted by molar-refractivity contribution is 8.00. The average molecular weight is 356 g/mol. The van der Waals surface area contributed by atoms with E-state index >= 15 is 0 Å². The fraction of sp³-hybridized carbons (Fsp3) is 0.333. The highest BCUT2D eigenvalue weighted by atomic mass is 32.2. The van der Waals surface area contributed by atoms with Crippen LogP contribution in [0.2, 0.25) is 0 Å². The Morgan fingerprint density at radius 3 is 2.80 bits per heavy atom. The number of nitrogens with zero attached hydrogens (tertiary/aromatic N) is 2. The minimum Gasteiger partial charge on any atom is -0.353 e. The van der Waals surface area contributed by atoms with Crippen molar-refractivity contribution in [2.24, 2.45) is 0 Å². The minimum absolute atomic E-state index is 0.0395. The van der Waals surface area contributed by atoms with E-state index in [-0.39, 0.29) is 22.7 Å². The van der Waals surface area contributed by atoms with Gasteiger partial charge < -0.3 is 10.3 Å². The topological polar surface area (TPSA) is 98.6 Å². The molecule has 25 heavy (non-hydrogen) atoms. The first kappa shape index (κ1) is 18.7. The van der Waals surface area contributed by atoms with E-state index in [1.54, 1.807) is 6.92 Å². The van der Waals surface area contributed by atoms with Crippen LogP contribution in [0, 0.1) is 18.3 Å². The van der Waals surface area contributed by atoms with E-state index in [1.165, 1.54) is 5.56 Å². The van der Waals surface area contributed by atoms with Crippen LogP contribution in [0.15, 0.2) is 40.2 Å². The van der Waals surface area contributed by atoms with Gasteiger partial charge in [-0.1, -0.05) is 42.1 Å². The van der Waals surface area contributed by atoms with Gasteiger partial charge in [0.1, 0.15) is 16.7 Å². The van der Waals surface area contributed by atoms with E-state index in [0.717, 1.165) is 24.6 Å². The van der Waals surface area contributed by atoms with Crippen LogP contribution in [0.25, 0.3) is 0 Å². The number of aromatic nitrogens is 2. The Labute approximate surface area is 150 Å². The first-order chi connectivity index (χ1) is 12.0. The molecular formula is C18H20N4O2S. The lowest BCUT2D eigenvalue weighted by molar-refractivity contribution is -0.119. The number of H-pyrrole nitrogens is 1. The molecule has 1 aromatic heterocycles. The molecule has 0 radical (unpaired) electrons. The van der Waals surface area contributed by atoms with Gasteiger partial charge in [-0.2, -0.15) is 10.2 Å². The second-order valence-corrected chi connectivity index (χ2v) is 6.70. The molecule has 0 saturated heterocycles. The van der Waals surface area contributed by atoms with E-state index in [9.17, 15) is 9.59 Å². The van der Waals surface area contributed by atoms with Gasteiger partial charge in [0.05, 0.1) is 5.75 Å². The molecule has 0 spiro atoms. The molecule has 0 aliphatic carbocycles. The molecule has 2 rings (SSSR count). The lowest BCUT2D eigenvalue weighted by Gasteiger charge is -2.14. The maximum absolute atomic E-state index is 12.1. The number of aromatic amines is 1. The number of carbonyl (C=O) groups is 1. The molecule has 0 saturated carbocycles. The van der Waals surface area contributed by atoms with Gasteiger partial charge in [0.2, 0.25) is 5.91 Å². The third-order valence-corrected chi connectivity index (χ3v) is 4.63. The maximum Gasteiger partial charge on any atom is 0.346 e. The summed E-state index contributed by atoms with van der Waals surface area (Å²) in [6.45, 7) is 3.60. The summed E-state index contributed by atoms with van der Waals surface area (Å²) in [7, 11) is 0. The van der Waals surface area contributed by atoms with Crippen LogP contribution >= 0.6 is 11.8 Å². The van der Waals surface area contributed by atoms with Gasteiger partial charge in [-0.15, -0.1) is 0 Å². The maximum atomic E-state index is 12.1. The van der Waals surface area contributed by atoms with E-state index in [0.29, 0.717) is 11.3 Å². The van der Waals surface area contributed by atoms with Crippen molar-refractivity contribution in [3.05, 3.63) is 57.6 Å². The van der Waals surface area contributed by atoms with Gasteiger partial charge in [-0.05, 0) is 32.3 Å². The smallest absolute Gasteiger partial charge is 0.346 e. The van der Waals surface area contributed by atoms with E-state index < -0.39 is 5.69 Å². The molecule has 0 bridgehead atoms. The Balaban J connectivity index is 1.85. The summed E-state index contributed by atoms with van der Waals surface area (Å²) in [5.74, 6) is -0.0329. The van der Waals surface area contributed by atoms with Crippen molar-refractivity contribution in [3.8, 4) is 6.07 Å². The molecule has 1 heterocycles. The van der Waals surface area contributed by atoms with E-state index in [4.69, 9.17) is 5.26 Å². The lowest BCUT2D eigenvalue weighted by atomic mass is 10.1. The third kappa shape index (κ3) is 5.76. The van der Waals surface area contributed by atoms with Crippen LogP contribution in [0.1, 0.15) is 30.2 Å². The molecule has 1 aromatic carbocycles. The monoisotopic (exact) mass is 356 g/mol. The van der Waals surface area contributed by atoms with Crippen LogP contribution in [0.5, 0.6) is 0 Å². The highest BCUT2D eigenvalue weighted by Gasteiger charge is 2.13. The number of aryl methyl sites for hydroxylation is 2. The molecule has 0 aliphatic rings. The molecule has 6 nitrogen and oxygen atoms in total. The Hall–Kier alpha value is -2.59. The number of nitriles is 1. The number of hydrogen-bond acceptors (Lipinski definition) is 5. The summed E-state index contributed by atoms with van der Waals surface area (Å²) >= 11 is 1.10. The fourth-order valence-corrected chi connectivity index (χ4v) is 3.19. The quantitative estimate of drug-likeness (QED) is 0.585. The zero-order valence-corrected chi connectivity index (χ0v) is 15.0. The van der Waals surface area contributed by atoms with Crippen LogP contribution < -0.4 is 11.0 Å². The number of hydrogen-bond donors (Lipinski definition) is 2. The van der Waals surface area contributed by atoms with Crippen molar-refractivity contribution >= 4 is 17.7 Å². The SMILES string of the molecule is Cc1[nH]c(=O)nc(SCC(=O)N[C@@H](C)CCc2ccccc2)c1C#N.